The summed E-state index contributed by atoms with van der Waals surface area (Å²) >= 11 is 0. The molecule has 7 heteroatoms. The molecule has 0 bridgehead atoms. The summed E-state index contributed by atoms with van der Waals surface area (Å²) in [4.78, 5) is 12.6. The van der Waals surface area contributed by atoms with Gasteiger partial charge in [0.05, 0.1) is 11.3 Å². The number of hydrogen-bond donors (Lipinski definition) is 0. The molecule has 0 aliphatic heterocycles. The lowest BCUT2D eigenvalue weighted by atomic mass is 10.2. The van der Waals surface area contributed by atoms with Crippen molar-refractivity contribution in [1.29, 1.82) is 0 Å². The second kappa shape index (κ2) is 7.03. The van der Waals surface area contributed by atoms with Crippen LogP contribution in [0.4, 0.5) is 13.2 Å². The van der Waals surface area contributed by atoms with Crippen LogP contribution in [0.25, 0.3) is 0 Å². The average molecular weight is 360 g/mol. The number of alkyl halides is 3. The maximum atomic E-state index is 12.8. The molecule has 0 unspecified atom stereocenters. The first-order chi connectivity index (χ1) is 12.4. The van der Waals surface area contributed by atoms with Crippen molar-refractivity contribution < 1.29 is 22.7 Å². The van der Waals surface area contributed by atoms with Gasteiger partial charge in [0.2, 0.25) is 0 Å². The minimum atomic E-state index is -4.45. The number of hydrogen-bond acceptors (Lipinski definition) is 3. The van der Waals surface area contributed by atoms with Gasteiger partial charge in [-0.1, -0.05) is 24.3 Å². The largest absolute Gasteiger partial charge is 0.484 e. The Morgan fingerprint density at radius 2 is 1.81 bits per heavy atom. The Morgan fingerprint density at radius 3 is 2.50 bits per heavy atom. The van der Waals surface area contributed by atoms with Crippen LogP contribution in [0.3, 0.4) is 0 Å². The first-order valence-corrected chi connectivity index (χ1v) is 7.84. The topological polar surface area (TPSA) is 44.1 Å². The van der Waals surface area contributed by atoms with Crippen molar-refractivity contribution in [3.05, 3.63) is 83.7 Å². The summed E-state index contributed by atoms with van der Waals surface area (Å²) < 4.78 is 45.3. The van der Waals surface area contributed by atoms with E-state index in [0.29, 0.717) is 11.3 Å². The predicted molar refractivity (Wildman–Crippen MR) is 88.9 cm³/mol. The fourth-order valence-electron chi connectivity index (χ4n) is 2.50. The van der Waals surface area contributed by atoms with Gasteiger partial charge in [-0.25, -0.2) is 0 Å². The van der Waals surface area contributed by atoms with Gasteiger partial charge in [0.25, 0.3) is 5.91 Å². The third-order valence-corrected chi connectivity index (χ3v) is 3.78. The monoisotopic (exact) mass is 360 g/mol. The van der Waals surface area contributed by atoms with Crippen molar-refractivity contribution >= 4 is 5.91 Å². The molecule has 3 rings (SSSR count). The van der Waals surface area contributed by atoms with Crippen LogP contribution in [0.15, 0.2) is 66.9 Å². The Hall–Kier alpha value is -3.09. The Bertz CT molecular complexity index is 904. The number of rotatable bonds is 4. The van der Waals surface area contributed by atoms with Gasteiger partial charge in [-0.05, 0) is 43.3 Å². The Balaban J connectivity index is 1.83. The number of nitrogens with zero attached hydrogens (tertiary/aromatic N) is 2. The molecule has 0 fully saturated rings. The molecule has 1 heterocycles. The molecule has 134 valence electrons. The van der Waals surface area contributed by atoms with Crippen LogP contribution in [0.2, 0.25) is 0 Å². The minimum Gasteiger partial charge on any atom is -0.484 e. The van der Waals surface area contributed by atoms with E-state index in [1.165, 1.54) is 23.0 Å². The van der Waals surface area contributed by atoms with Crippen LogP contribution in [0, 0.1) is 0 Å². The zero-order valence-electron chi connectivity index (χ0n) is 13.8. The highest BCUT2D eigenvalue weighted by Gasteiger charge is 2.31. The van der Waals surface area contributed by atoms with E-state index in [9.17, 15) is 18.0 Å². The fraction of sp³-hybridized carbons (Fsp3) is 0.158. The van der Waals surface area contributed by atoms with E-state index < -0.39 is 17.8 Å². The van der Waals surface area contributed by atoms with E-state index in [1.54, 1.807) is 43.3 Å². The lowest BCUT2D eigenvalue weighted by Gasteiger charge is -2.17. The quantitative estimate of drug-likeness (QED) is 0.676. The van der Waals surface area contributed by atoms with Crippen LogP contribution in [-0.2, 0) is 6.18 Å². The van der Waals surface area contributed by atoms with Crippen LogP contribution >= 0.6 is 0 Å². The SMILES string of the molecule is C[C@@H](Oc1cccc(C(F)(F)F)c1)c1ccnn1C(=O)c1ccccc1. The van der Waals surface area contributed by atoms with Gasteiger partial charge in [0, 0.05) is 11.8 Å². The second-order valence-electron chi connectivity index (χ2n) is 5.62. The van der Waals surface area contributed by atoms with Crippen molar-refractivity contribution in [1.82, 2.24) is 9.78 Å². The van der Waals surface area contributed by atoms with Gasteiger partial charge >= 0.3 is 6.18 Å². The van der Waals surface area contributed by atoms with Crippen molar-refractivity contribution in [2.24, 2.45) is 0 Å². The number of benzene rings is 2. The van der Waals surface area contributed by atoms with Gasteiger partial charge < -0.3 is 4.74 Å². The summed E-state index contributed by atoms with van der Waals surface area (Å²) in [7, 11) is 0. The first-order valence-electron chi connectivity index (χ1n) is 7.84. The molecule has 1 aromatic heterocycles. The summed E-state index contributed by atoms with van der Waals surface area (Å²) in [6.45, 7) is 1.64. The molecule has 0 saturated carbocycles. The number of ether oxygens (including phenoxy) is 1. The standard InChI is InChI=1S/C19H15F3N2O2/c1-13(26-16-9-5-8-15(12-16)19(20,21)22)17-10-11-23-24(17)18(25)14-6-3-2-4-7-14/h2-13H,1H3/t13-/m1/s1. The molecular formula is C19H15F3N2O2. The van der Waals surface area contributed by atoms with E-state index in [1.807, 2.05) is 0 Å². The molecule has 26 heavy (non-hydrogen) atoms. The minimum absolute atomic E-state index is 0.0623. The predicted octanol–water partition coefficient (Wildman–Crippen LogP) is 4.73. The highest BCUT2D eigenvalue weighted by Crippen LogP contribution is 2.32. The van der Waals surface area contributed by atoms with Gasteiger partial charge in [-0.2, -0.15) is 23.0 Å². The molecule has 0 aliphatic carbocycles. The molecule has 0 N–H and O–H groups in total. The average Bonchev–Trinajstić information content (AvgIpc) is 3.11. The fourth-order valence-corrected chi connectivity index (χ4v) is 2.50. The van der Waals surface area contributed by atoms with Crippen molar-refractivity contribution in [2.75, 3.05) is 0 Å². The molecule has 2 aromatic carbocycles. The van der Waals surface area contributed by atoms with Crippen LogP contribution in [0.5, 0.6) is 5.75 Å². The summed E-state index contributed by atoms with van der Waals surface area (Å²) in [6, 6.07) is 14.8. The number of halogens is 3. The molecule has 0 amide bonds. The highest BCUT2D eigenvalue weighted by molar-refractivity contribution is 5.95. The molecule has 4 nitrogen and oxygen atoms in total. The molecule has 0 radical (unpaired) electrons. The lowest BCUT2D eigenvalue weighted by molar-refractivity contribution is -0.137. The van der Waals surface area contributed by atoms with Gasteiger partial charge in [0.15, 0.2) is 0 Å². The second-order valence-corrected chi connectivity index (χ2v) is 5.62. The Kier molecular flexibility index (Phi) is 4.79. The van der Waals surface area contributed by atoms with Gasteiger partial charge in [-0.3, -0.25) is 4.79 Å². The van der Waals surface area contributed by atoms with Crippen molar-refractivity contribution in [3.8, 4) is 5.75 Å². The summed E-state index contributed by atoms with van der Waals surface area (Å²) in [5.41, 5.74) is 0.0936. The van der Waals surface area contributed by atoms with E-state index in [4.69, 9.17) is 4.74 Å². The summed E-state index contributed by atoms with van der Waals surface area (Å²) in [6.07, 6.45) is -3.68. The molecule has 0 aliphatic rings. The van der Waals surface area contributed by atoms with Gasteiger partial charge in [0.1, 0.15) is 11.9 Å². The molecular weight excluding hydrogens is 345 g/mol. The third kappa shape index (κ3) is 3.77. The van der Waals surface area contributed by atoms with E-state index in [0.717, 1.165) is 12.1 Å². The maximum absolute atomic E-state index is 12.8. The number of aromatic nitrogens is 2. The van der Waals surface area contributed by atoms with Crippen LogP contribution in [0.1, 0.15) is 34.6 Å². The molecule has 0 saturated heterocycles. The molecule has 3 aromatic rings. The Morgan fingerprint density at radius 1 is 1.08 bits per heavy atom. The van der Waals surface area contributed by atoms with Crippen LogP contribution in [-0.4, -0.2) is 15.7 Å². The highest BCUT2D eigenvalue weighted by atomic mass is 19.4. The lowest BCUT2D eigenvalue weighted by Crippen LogP contribution is -2.19. The van der Waals surface area contributed by atoms with E-state index in [-0.39, 0.29) is 11.7 Å². The molecule has 1 atom stereocenters. The summed E-state index contributed by atoms with van der Waals surface area (Å²) in [5.74, 6) is -0.280. The molecule has 0 spiro atoms. The Labute approximate surface area is 147 Å². The number of carbonyl (C=O) groups excluding carboxylic acids is 1. The third-order valence-electron chi connectivity index (χ3n) is 3.78. The maximum Gasteiger partial charge on any atom is 0.416 e. The zero-order chi connectivity index (χ0) is 18.7. The summed E-state index contributed by atoms with van der Waals surface area (Å²) in [5, 5.41) is 4.02. The van der Waals surface area contributed by atoms with Crippen molar-refractivity contribution in [2.45, 2.75) is 19.2 Å². The first kappa shape index (κ1) is 17.7. The number of carbonyl (C=O) groups is 1. The van der Waals surface area contributed by atoms with E-state index in [2.05, 4.69) is 5.10 Å². The van der Waals surface area contributed by atoms with Crippen LogP contribution < -0.4 is 4.74 Å². The van der Waals surface area contributed by atoms with Gasteiger partial charge in [-0.15, -0.1) is 0 Å². The van der Waals surface area contributed by atoms with Crippen molar-refractivity contribution in [3.63, 3.8) is 0 Å². The zero-order valence-corrected chi connectivity index (χ0v) is 13.8. The smallest absolute Gasteiger partial charge is 0.416 e. The van der Waals surface area contributed by atoms with E-state index >= 15 is 0 Å². The normalized spacial score (nSPS) is 12.6.